The summed E-state index contributed by atoms with van der Waals surface area (Å²) < 4.78 is 29.1. The minimum atomic E-state index is -3.66. The molecule has 23 heavy (non-hydrogen) atoms. The lowest BCUT2D eigenvalue weighted by Crippen LogP contribution is -2.23. The van der Waals surface area contributed by atoms with Crippen LogP contribution in [0.25, 0.3) is 0 Å². The van der Waals surface area contributed by atoms with Gasteiger partial charge in [0, 0.05) is 17.2 Å². The van der Waals surface area contributed by atoms with Crippen LogP contribution in [0.4, 0.5) is 5.69 Å². The largest absolute Gasteiger partial charge is 0.492 e. The van der Waals surface area contributed by atoms with E-state index in [1.807, 2.05) is 26.1 Å². The SMILES string of the molecule is Cc1cc(N(C)CCOc2ccc(S(N)(=O)=O)cc2)ccc1Br. The van der Waals surface area contributed by atoms with Crippen LogP contribution in [0.15, 0.2) is 51.8 Å². The molecular formula is C16H19BrN2O3S. The number of rotatable bonds is 6. The van der Waals surface area contributed by atoms with E-state index >= 15 is 0 Å². The molecule has 0 aliphatic carbocycles. The Morgan fingerprint density at radius 3 is 2.39 bits per heavy atom. The molecule has 0 amide bonds. The van der Waals surface area contributed by atoms with Crippen LogP contribution in [0.1, 0.15) is 5.56 Å². The first kappa shape index (κ1) is 17.8. The molecule has 2 aromatic carbocycles. The zero-order valence-corrected chi connectivity index (χ0v) is 15.4. The van der Waals surface area contributed by atoms with Crippen molar-refractivity contribution in [2.45, 2.75) is 11.8 Å². The van der Waals surface area contributed by atoms with E-state index in [0.29, 0.717) is 18.9 Å². The van der Waals surface area contributed by atoms with E-state index in [2.05, 4.69) is 26.9 Å². The van der Waals surface area contributed by atoms with E-state index < -0.39 is 10.0 Å². The molecule has 2 rings (SSSR count). The summed E-state index contributed by atoms with van der Waals surface area (Å²) in [7, 11) is -1.67. The number of ether oxygens (including phenoxy) is 1. The third-order valence-electron chi connectivity index (χ3n) is 3.43. The Kier molecular flexibility index (Phi) is 5.67. The maximum absolute atomic E-state index is 11.2. The highest BCUT2D eigenvalue weighted by molar-refractivity contribution is 9.10. The number of aryl methyl sites for hydroxylation is 1. The molecule has 0 fully saturated rings. The van der Waals surface area contributed by atoms with E-state index in [1.165, 1.54) is 17.7 Å². The summed E-state index contributed by atoms with van der Waals surface area (Å²) in [5.74, 6) is 0.609. The minimum Gasteiger partial charge on any atom is -0.492 e. The third kappa shape index (κ3) is 4.95. The topological polar surface area (TPSA) is 72.6 Å². The number of hydrogen-bond acceptors (Lipinski definition) is 4. The van der Waals surface area contributed by atoms with Crippen LogP contribution < -0.4 is 14.8 Å². The highest BCUT2D eigenvalue weighted by Crippen LogP contribution is 2.22. The third-order valence-corrected chi connectivity index (χ3v) is 5.25. The van der Waals surface area contributed by atoms with Gasteiger partial charge in [-0.1, -0.05) is 15.9 Å². The molecule has 0 aliphatic heterocycles. The van der Waals surface area contributed by atoms with Gasteiger partial charge < -0.3 is 9.64 Å². The van der Waals surface area contributed by atoms with E-state index in [9.17, 15) is 8.42 Å². The number of nitrogens with two attached hydrogens (primary N) is 1. The summed E-state index contributed by atoms with van der Waals surface area (Å²) in [4.78, 5) is 2.17. The molecule has 0 saturated heterocycles. The van der Waals surface area contributed by atoms with Gasteiger partial charge in [0.15, 0.2) is 0 Å². The number of halogens is 1. The molecule has 124 valence electrons. The first-order valence-corrected chi connectivity index (χ1v) is 9.34. The number of sulfonamides is 1. The van der Waals surface area contributed by atoms with E-state index in [4.69, 9.17) is 9.88 Å². The van der Waals surface area contributed by atoms with Gasteiger partial charge in [-0.3, -0.25) is 0 Å². The van der Waals surface area contributed by atoms with E-state index in [-0.39, 0.29) is 4.90 Å². The Labute approximate surface area is 145 Å². The first-order valence-electron chi connectivity index (χ1n) is 7.00. The minimum absolute atomic E-state index is 0.0762. The lowest BCUT2D eigenvalue weighted by atomic mass is 10.2. The molecule has 0 aliphatic rings. The molecule has 0 heterocycles. The van der Waals surface area contributed by atoms with Gasteiger partial charge in [0.25, 0.3) is 0 Å². The molecule has 5 nitrogen and oxygen atoms in total. The maximum atomic E-state index is 11.2. The molecule has 7 heteroatoms. The molecule has 0 spiro atoms. The predicted molar refractivity (Wildman–Crippen MR) is 95.5 cm³/mol. The lowest BCUT2D eigenvalue weighted by molar-refractivity contribution is 0.325. The van der Waals surface area contributed by atoms with Gasteiger partial charge in [-0.25, -0.2) is 13.6 Å². The summed E-state index contributed by atoms with van der Waals surface area (Å²) in [6.07, 6.45) is 0. The monoisotopic (exact) mass is 398 g/mol. The van der Waals surface area contributed by atoms with Crippen LogP contribution in [-0.4, -0.2) is 28.6 Å². The molecule has 0 bridgehead atoms. The molecule has 0 aromatic heterocycles. The van der Waals surface area contributed by atoms with Crippen LogP contribution in [0.3, 0.4) is 0 Å². The fourth-order valence-corrected chi connectivity index (χ4v) is 2.78. The standard InChI is InChI=1S/C16H19BrN2O3S/c1-12-11-13(3-8-16(12)17)19(2)9-10-22-14-4-6-15(7-5-14)23(18,20)21/h3-8,11H,9-10H2,1-2H3,(H2,18,20,21). The number of nitrogens with zero attached hydrogens (tertiary/aromatic N) is 1. The predicted octanol–water partition coefficient (Wildman–Crippen LogP) is 2.92. The Morgan fingerprint density at radius 2 is 1.83 bits per heavy atom. The van der Waals surface area contributed by atoms with Gasteiger partial charge in [0.05, 0.1) is 11.4 Å². The maximum Gasteiger partial charge on any atom is 0.238 e. The average molecular weight is 399 g/mol. The highest BCUT2D eigenvalue weighted by atomic mass is 79.9. The Morgan fingerprint density at radius 1 is 1.17 bits per heavy atom. The second-order valence-electron chi connectivity index (χ2n) is 5.22. The van der Waals surface area contributed by atoms with Crippen LogP contribution in [0.2, 0.25) is 0 Å². The molecule has 2 N–H and O–H groups in total. The average Bonchev–Trinajstić information content (AvgIpc) is 2.49. The van der Waals surface area contributed by atoms with Crippen molar-refractivity contribution in [2.75, 3.05) is 25.1 Å². The fourth-order valence-electron chi connectivity index (χ4n) is 2.02. The van der Waals surface area contributed by atoms with Gasteiger partial charge in [-0.2, -0.15) is 0 Å². The van der Waals surface area contributed by atoms with E-state index in [1.54, 1.807) is 12.1 Å². The Bertz CT molecular complexity index is 776. The zero-order valence-electron chi connectivity index (χ0n) is 13.0. The molecule has 0 atom stereocenters. The highest BCUT2D eigenvalue weighted by Gasteiger charge is 2.07. The molecule has 0 saturated carbocycles. The van der Waals surface area contributed by atoms with Crippen LogP contribution in [0.5, 0.6) is 5.75 Å². The Balaban J connectivity index is 1.90. The zero-order chi connectivity index (χ0) is 17.0. The van der Waals surface area contributed by atoms with Crippen LogP contribution in [0, 0.1) is 6.92 Å². The summed E-state index contributed by atoms with van der Waals surface area (Å²) in [6, 6.07) is 12.2. The second kappa shape index (κ2) is 7.33. The number of hydrogen-bond donors (Lipinski definition) is 1. The van der Waals surface area contributed by atoms with Crippen molar-refractivity contribution >= 4 is 31.6 Å². The van der Waals surface area contributed by atoms with Crippen molar-refractivity contribution in [1.29, 1.82) is 0 Å². The van der Waals surface area contributed by atoms with Crippen LogP contribution in [-0.2, 0) is 10.0 Å². The number of primary sulfonamides is 1. The van der Waals surface area contributed by atoms with Crippen molar-refractivity contribution in [2.24, 2.45) is 5.14 Å². The van der Waals surface area contributed by atoms with Gasteiger partial charge in [0.2, 0.25) is 10.0 Å². The second-order valence-corrected chi connectivity index (χ2v) is 7.64. The summed E-state index contributed by atoms with van der Waals surface area (Å²) in [5.41, 5.74) is 2.28. The molecule has 0 radical (unpaired) electrons. The lowest BCUT2D eigenvalue weighted by Gasteiger charge is -2.20. The number of anilines is 1. The molecule has 0 unspecified atom stereocenters. The fraction of sp³-hybridized carbons (Fsp3) is 0.250. The number of likely N-dealkylation sites (N-methyl/N-ethyl adjacent to an activating group) is 1. The van der Waals surface area contributed by atoms with Crippen molar-refractivity contribution in [3.63, 3.8) is 0 Å². The molecular weight excluding hydrogens is 380 g/mol. The summed E-state index contributed by atoms with van der Waals surface area (Å²) in [6.45, 7) is 3.24. The van der Waals surface area contributed by atoms with Crippen LogP contribution >= 0.6 is 15.9 Å². The van der Waals surface area contributed by atoms with Crippen molar-refractivity contribution in [3.05, 3.63) is 52.5 Å². The smallest absolute Gasteiger partial charge is 0.238 e. The quantitative estimate of drug-likeness (QED) is 0.811. The van der Waals surface area contributed by atoms with Crippen molar-refractivity contribution in [3.8, 4) is 5.75 Å². The normalized spacial score (nSPS) is 11.3. The van der Waals surface area contributed by atoms with Gasteiger partial charge in [-0.15, -0.1) is 0 Å². The number of benzene rings is 2. The van der Waals surface area contributed by atoms with Crippen molar-refractivity contribution < 1.29 is 13.2 Å². The summed E-state index contributed by atoms with van der Waals surface area (Å²) in [5, 5.41) is 5.06. The molecule has 2 aromatic rings. The summed E-state index contributed by atoms with van der Waals surface area (Å²) >= 11 is 3.49. The Hall–Kier alpha value is -1.57. The van der Waals surface area contributed by atoms with Gasteiger partial charge in [-0.05, 0) is 55.0 Å². The van der Waals surface area contributed by atoms with Crippen molar-refractivity contribution in [1.82, 2.24) is 0 Å². The van der Waals surface area contributed by atoms with E-state index in [0.717, 1.165) is 10.2 Å². The van der Waals surface area contributed by atoms with Gasteiger partial charge >= 0.3 is 0 Å². The van der Waals surface area contributed by atoms with Gasteiger partial charge in [0.1, 0.15) is 12.4 Å². The first-order chi connectivity index (χ1) is 10.8.